The van der Waals surface area contributed by atoms with Crippen molar-refractivity contribution in [2.45, 2.75) is 55.2 Å². The molecule has 36 heavy (non-hydrogen) atoms. The van der Waals surface area contributed by atoms with Crippen LogP contribution >= 0.6 is 15.6 Å². The molecule has 0 saturated carbocycles. The fraction of sp³-hybridized carbons (Fsp3) is 0.733. The lowest BCUT2D eigenvalue weighted by atomic mass is 10.1. The monoisotopic (exact) mass is 566 g/mol. The van der Waals surface area contributed by atoms with E-state index in [0.717, 1.165) is 16.8 Å². The number of hydrogen-bond donors (Lipinski definition) is 9. The van der Waals surface area contributed by atoms with Gasteiger partial charge in [-0.3, -0.25) is 23.4 Å². The van der Waals surface area contributed by atoms with Crippen molar-refractivity contribution < 1.29 is 72.4 Å². The molecule has 3 unspecified atom stereocenters. The summed E-state index contributed by atoms with van der Waals surface area (Å²) in [5.41, 5.74) is -1.74. The minimum absolute atomic E-state index is 0.725. The number of aromatic nitrogens is 2. The van der Waals surface area contributed by atoms with Crippen LogP contribution in [0.4, 0.5) is 0 Å². The molecule has 0 amide bonds. The van der Waals surface area contributed by atoms with E-state index in [9.17, 15) is 54.0 Å². The lowest BCUT2D eigenvalue weighted by Gasteiger charge is -2.22. The Morgan fingerprint density at radius 2 is 1.69 bits per heavy atom. The number of H-pyrrole nitrogens is 1. The second-order valence-corrected chi connectivity index (χ2v) is 10.7. The van der Waals surface area contributed by atoms with Crippen LogP contribution in [0.3, 0.4) is 0 Å². The average Bonchev–Trinajstić information content (AvgIpc) is 3.21. The Morgan fingerprint density at radius 3 is 2.31 bits per heavy atom. The number of aromatic amines is 1. The summed E-state index contributed by atoms with van der Waals surface area (Å²) in [5, 5.41) is 58.3. The van der Waals surface area contributed by atoms with Crippen LogP contribution in [-0.2, 0) is 32.0 Å². The molecule has 0 aromatic carbocycles. The second kappa shape index (κ2) is 11.2. The molecular weight excluding hydrogens is 542 g/mol. The molecule has 0 spiro atoms. The topological polar surface area (TPSA) is 297 Å². The van der Waals surface area contributed by atoms with E-state index in [1.54, 1.807) is 0 Å². The molecule has 2 fully saturated rings. The first-order valence-electron chi connectivity index (χ1n) is 9.99. The Morgan fingerprint density at radius 1 is 1.03 bits per heavy atom. The predicted octanol–water partition coefficient (Wildman–Crippen LogP) is -4.79. The first kappa shape index (κ1) is 29.2. The molecule has 206 valence electrons. The van der Waals surface area contributed by atoms with E-state index in [0.29, 0.717) is 0 Å². The van der Waals surface area contributed by atoms with Gasteiger partial charge in [0.05, 0.1) is 13.2 Å². The van der Waals surface area contributed by atoms with Gasteiger partial charge in [0.2, 0.25) is 0 Å². The minimum atomic E-state index is -5.56. The van der Waals surface area contributed by atoms with Crippen molar-refractivity contribution in [3.8, 4) is 0 Å². The summed E-state index contributed by atoms with van der Waals surface area (Å²) in [4.78, 5) is 44.5. The van der Waals surface area contributed by atoms with Crippen molar-refractivity contribution in [2.75, 3.05) is 13.2 Å². The highest BCUT2D eigenvalue weighted by Crippen LogP contribution is 2.61. The van der Waals surface area contributed by atoms with Crippen LogP contribution in [0.2, 0.25) is 0 Å². The zero-order valence-electron chi connectivity index (χ0n) is 17.9. The van der Waals surface area contributed by atoms with Gasteiger partial charge in [0.25, 0.3) is 5.56 Å². The first-order valence-corrected chi connectivity index (χ1v) is 13.0. The fourth-order valence-electron chi connectivity index (χ4n) is 3.38. The molecule has 2 aliphatic rings. The number of nitrogens with zero attached hydrogens (tertiary/aromatic N) is 1. The molecule has 2 saturated heterocycles. The molecule has 0 aliphatic carbocycles. The van der Waals surface area contributed by atoms with E-state index in [1.807, 2.05) is 4.98 Å². The van der Waals surface area contributed by atoms with Gasteiger partial charge in [-0.05, 0) is 0 Å². The number of nitrogens with one attached hydrogen (secondary N) is 1. The molecule has 9 N–H and O–H groups in total. The molecule has 0 radical (unpaired) electrons. The van der Waals surface area contributed by atoms with Gasteiger partial charge in [-0.15, -0.1) is 0 Å². The molecular formula is C15H24N2O17P2. The average molecular weight is 566 g/mol. The van der Waals surface area contributed by atoms with Crippen LogP contribution in [0.15, 0.2) is 21.9 Å². The normalized spacial score (nSPS) is 36.9. The Hall–Kier alpha value is -1.38. The standard InChI is InChI=1S/C15H24N2O17P2/c18-3-5(19)12-9(22)11(24)14(32-12)33-36(28,29)34-35(26,27)30-4-6-8(21)10(23)13(31-6)17-2-1-7(20)16-15(17)25/h1-2,5-6,8-14,18-19,21-24H,3-4H2,(H,26,27)(H,28,29)(H,16,20,25)/t5-,6-,8-,9-,10-,11-,12+,13-,14?/m1/s1. The largest absolute Gasteiger partial charge is 0.483 e. The van der Waals surface area contributed by atoms with Gasteiger partial charge in [0.15, 0.2) is 12.5 Å². The third-order valence-electron chi connectivity index (χ3n) is 5.13. The number of rotatable bonds is 10. The van der Waals surface area contributed by atoms with Crippen LogP contribution in [0.25, 0.3) is 0 Å². The summed E-state index contributed by atoms with van der Waals surface area (Å²) >= 11 is 0. The SMILES string of the molecule is O=c1ccn([C@@H]2O[C@H](COP(=O)(O)OP(=O)(O)OC3O[C@@H]([C@H](O)CO)[C@H](O)[C@H]3O)[C@@H](O)[C@H]2O)c(=O)[nH]1. The number of hydrogen-bond acceptors (Lipinski definition) is 15. The van der Waals surface area contributed by atoms with Crippen LogP contribution in [-0.4, -0.2) is 112 Å². The van der Waals surface area contributed by atoms with Crippen LogP contribution < -0.4 is 11.2 Å². The van der Waals surface area contributed by atoms with Gasteiger partial charge in [-0.2, -0.15) is 4.31 Å². The van der Waals surface area contributed by atoms with Gasteiger partial charge < -0.3 is 49.9 Å². The van der Waals surface area contributed by atoms with Crippen molar-refractivity contribution in [1.29, 1.82) is 0 Å². The lowest BCUT2D eigenvalue weighted by Crippen LogP contribution is -2.40. The molecule has 1 aromatic heterocycles. The Labute approximate surface area is 199 Å². The molecule has 19 nitrogen and oxygen atoms in total. The summed E-state index contributed by atoms with van der Waals surface area (Å²) in [6, 6.07) is 0.930. The van der Waals surface area contributed by atoms with E-state index >= 15 is 0 Å². The van der Waals surface area contributed by atoms with Crippen LogP contribution in [0, 0.1) is 0 Å². The quantitative estimate of drug-likeness (QED) is 0.120. The molecule has 2 aliphatic heterocycles. The highest BCUT2D eigenvalue weighted by molar-refractivity contribution is 7.61. The Kier molecular flexibility index (Phi) is 9.05. The zero-order chi connectivity index (χ0) is 27.0. The smallest absolute Gasteiger partial charge is 0.394 e. The number of ether oxygens (including phenoxy) is 2. The Bertz CT molecular complexity index is 1130. The van der Waals surface area contributed by atoms with Gasteiger partial charge in [-0.1, -0.05) is 0 Å². The highest BCUT2D eigenvalue weighted by Gasteiger charge is 2.51. The van der Waals surface area contributed by atoms with Crippen LogP contribution in [0.1, 0.15) is 6.23 Å². The lowest BCUT2D eigenvalue weighted by molar-refractivity contribution is -0.144. The maximum atomic E-state index is 12.1. The zero-order valence-corrected chi connectivity index (χ0v) is 19.6. The minimum Gasteiger partial charge on any atom is -0.394 e. The van der Waals surface area contributed by atoms with E-state index < -0.39 is 95.4 Å². The number of aliphatic hydroxyl groups excluding tert-OH is 6. The number of aliphatic hydroxyl groups is 6. The highest BCUT2D eigenvalue weighted by atomic mass is 31.3. The van der Waals surface area contributed by atoms with Gasteiger partial charge >= 0.3 is 21.3 Å². The summed E-state index contributed by atoms with van der Waals surface area (Å²) in [7, 11) is -11.0. The molecule has 3 rings (SSSR count). The fourth-order valence-corrected chi connectivity index (χ4v) is 5.54. The van der Waals surface area contributed by atoms with Crippen molar-refractivity contribution >= 4 is 15.6 Å². The third kappa shape index (κ3) is 6.54. The third-order valence-corrected chi connectivity index (χ3v) is 7.73. The summed E-state index contributed by atoms with van der Waals surface area (Å²) in [6.45, 7) is -1.93. The summed E-state index contributed by atoms with van der Waals surface area (Å²) in [5.74, 6) is 0. The van der Waals surface area contributed by atoms with Crippen molar-refractivity contribution in [2.24, 2.45) is 0 Å². The maximum absolute atomic E-state index is 12.1. The van der Waals surface area contributed by atoms with Gasteiger partial charge in [0.1, 0.15) is 42.7 Å². The summed E-state index contributed by atoms with van der Waals surface area (Å²) < 4.78 is 48.0. The van der Waals surface area contributed by atoms with E-state index in [2.05, 4.69) is 13.4 Å². The second-order valence-electron chi connectivity index (χ2n) is 7.68. The van der Waals surface area contributed by atoms with Crippen molar-refractivity contribution in [1.82, 2.24) is 9.55 Å². The van der Waals surface area contributed by atoms with E-state index in [-0.39, 0.29) is 0 Å². The molecule has 0 bridgehead atoms. The van der Waals surface area contributed by atoms with Crippen molar-refractivity contribution in [3.63, 3.8) is 0 Å². The predicted molar refractivity (Wildman–Crippen MR) is 109 cm³/mol. The molecule has 11 atom stereocenters. The van der Waals surface area contributed by atoms with E-state index in [1.165, 1.54) is 0 Å². The van der Waals surface area contributed by atoms with Crippen LogP contribution in [0.5, 0.6) is 0 Å². The molecule has 3 heterocycles. The molecule has 21 heteroatoms. The summed E-state index contributed by atoms with van der Waals surface area (Å²) in [6.07, 6.45) is -15.1. The van der Waals surface area contributed by atoms with Crippen molar-refractivity contribution in [3.05, 3.63) is 33.1 Å². The molecule has 1 aromatic rings. The number of phosphoric acid groups is 2. The maximum Gasteiger partial charge on any atom is 0.483 e. The Balaban J connectivity index is 1.60. The first-order chi connectivity index (χ1) is 16.7. The number of phosphoric ester groups is 2. The van der Waals surface area contributed by atoms with E-state index in [4.69, 9.17) is 14.6 Å². The van der Waals surface area contributed by atoms with Gasteiger partial charge in [-0.25, -0.2) is 13.9 Å². The van der Waals surface area contributed by atoms with Gasteiger partial charge in [0, 0.05) is 12.3 Å².